The predicted molar refractivity (Wildman–Crippen MR) is 123 cm³/mol. The van der Waals surface area contributed by atoms with E-state index in [0.29, 0.717) is 29.7 Å². The number of aromatic nitrogens is 2. The van der Waals surface area contributed by atoms with Crippen molar-refractivity contribution in [1.82, 2.24) is 19.8 Å². The van der Waals surface area contributed by atoms with Gasteiger partial charge in [0, 0.05) is 45.3 Å². The molecule has 0 unspecified atom stereocenters. The van der Waals surface area contributed by atoms with Gasteiger partial charge in [-0.3, -0.25) is 4.90 Å². The lowest BCUT2D eigenvalue weighted by Gasteiger charge is -2.34. The van der Waals surface area contributed by atoms with E-state index < -0.39 is 0 Å². The molecule has 0 saturated carbocycles. The molecule has 1 aliphatic heterocycles. The number of aliphatic hydroxyl groups excluding tert-OH is 1. The second-order valence-corrected chi connectivity index (χ2v) is 7.72. The van der Waals surface area contributed by atoms with Gasteiger partial charge in [-0.2, -0.15) is 0 Å². The molecule has 0 spiro atoms. The molecular weight excluding hydrogens is 408 g/mol. The van der Waals surface area contributed by atoms with E-state index in [0.717, 1.165) is 56.6 Å². The average Bonchev–Trinajstić information content (AvgIpc) is 2.83. The van der Waals surface area contributed by atoms with Crippen LogP contribution in [-0.2, 0) is 0 Å². The fourth-order valence-corrected chi connectivity index (χ4v) is 3.84. The highest BCUT2D eigenvalue weighted by Crippen LogP contribution is 2.36. The molecular formula is C24H30N4O4. The van der Waals surface area contributed by atoms with E-state index in [1.807, 2.05) is 42.5 Å². The standard InChI is InChI=1S/C24H30N4O4/c1-30-22-16-20-21(25-18-26-24(20)32-19-6-3-2-4-7-19)17-23(22)31-15-5-8-27-9-11-28(12-10-27)13-14-29/h2-4,6-7,16-18,29H,5,8-15H2,1H3. The number of rotatable bonds is 10. The van der Waals surface area contributed by atoms with E-state index in [1.54, 1.807) is 7.11 Å². The topological polar surface area (TPSA) is 80.2 Å². The Balaban J connectivity index is 1.37. The second kappa shape index (κ2) is 11.1. The number of piperazine rings is 1. The highest BCUT2D eigenvalue weighted by Gasteiger charge is 2.16. The largest absolute Gasteiger partial charge is 0.493 e. The molecule has 1 saturated heterocycles. The van der Waals surface area contributed by atoms with Gasteiger partial charge >= 0.3 is 0 Å². The molecule has 0 atom stereocenters. The lowest BCUT2D eigenvalue weighted by Crippen LogP contribution is -2.47. The molecule has 4 rings (SSSR count). The minimum Gasteiger partial charge on any atom is -0.493 e. The first-order valence-electron chi connectivity index (χ1n) is 11.0. The van der Waals surface area contributed by atoms with E-state index in [9.17, 15) is 0 Å². The third-order valence-electron chi connectivity index (χ3n) is 5.60. The van der Waals surface area contributed by atoms with E-state index in [-0.39, 0.29) is 6.61 Å². The van der Waals surface area contributed by atoms with Crippen LogP contribution < -0.4 is 14.2 Å². The van der Waals surface area contributed by atoms with Crippen molar-refractivity contribution < 1.29 is 19.3 Å². The zero-order chi connectivity index (χ0) is 22.2. The number of aliphatic hydroxyl groups is 1. The monoisotopic (exact) mass is 438 g/mol. The first kappa shape index (κ1) is 22.3. The number of hydrogen-bond donors (Lipinski definition) is 1. The van der Waals surface area contributed by atoms with Crippen LogP contribution in [0.2, 0.25) is 0 Å². The Bertz CT molecular complexity index is 994. The summed E-state index contributed by atoms with van der Waals surface area (Å²) in [5.74, 6) is 2.48. The van der Waals surface area contributed by atoms with Crippen molar-refractivity contribution in [3.8, 4) is 23.1 Å². The summed E-state index contributed by atoms with van der Waals surface area (Å²) in [5.41, 5.74) is 0.738. The predicted octanol–water partition coefficient (Wildman–Crippen LogP) is 2.81. The smallest absolute Gasteiger partial charge is 0.230 e. The number of methoxy groups -OCH3 is 1. The molecule has 0 amide bonds. The fourth-order valence-electron chi connectivity index (χ4n) is 3.84. The van der Waals surface area contributed by atoms with Crippen LogP contribution in [0.4, 0.5) is 0 Å². The van der Waals surface area contributed by atoms with Gasteiger partial charge < -0.3 is 24.2 Å². The number of benzene rings is 2. The van der Waals surface area contributed by atoms with Gasteiger partial charge in [0.25, 0.3) is 0 Å². The van der Waals surface area contributed by atoms with Crippen molar-refractivity contribution in [2.75, 3.05) is 59.6 Å². The van der Waals surface area contributed by atoms with Crippen molar-refractivity contribution in [2.45, 2.75) is 6.42 Å². The van der Waals surface area contributed by atoms with Crippen molar-refractivity contribution >= 4 is 10.9 Å². The van der Waals surface area contributed by atoms with Crippen molar-refractivity contribution in [1.29, 1.82) is 0 Å². The molecule has 8 heteroatoms. The number of hydrogen-bond acceptors (Lipinski definition) is 8. The molecule has 2 aromatic carbocycles. The average molecular weight is 439 g/mol. The minimum absolute atomic E-state index is 0.228. The number of fused-ring (bicyclic) bond motifs is 1. The van der Waals surface area contributed by atoms with Crippen LogP contribution in [-0.4, -0.2) is 84.5 Å². The molecule has 8 nitrogen and oxygen atoms in total. The maximum absolute atomic E-state index is 9.06. The molecule has 0 bridgehead atoms. The van der Waals surface area contributed by atoms with Crippen LogP contribution in [0.3, 0.4) is 0 Å². The van der Waals surface area contributed by atoms with Crippen molar-refractivity contribution in [2.24, 2.45) is 0 Å². The van der Waals surface area contributed by atoms with Crippen LogP contribution in [0, 0.1) is 0 Å². The van der Waals surface area contributed by atoms with Gasteiger partial charge in [0.2, 0.25) is 5.88 Å². The Morgan fingerprint density at radius 2 is 1.69 bits per heavy atom. The maximum atomic E-state index is 9.06. The van der Waals surface area contributed by atoms with E-state index in [2.05, 4.69) is 19.8 Å². The van der Waals surface area contributed by atoms with Gasteiger partial charge in [-0.15, -0.1) is 0 Å². The Morgan fingerprint density at radius 1 is 0.938 bits per heavy atom. The summed E-state index contributed by atoms with van der Waals surface area (Å²) in [4.78, 5) is 13.4. The molecule has 0 aliphatic carbocycles. The first-order chi connectivity index (χ1) is 15.8. The Kier molecular flexibility index (Phi) is 7.71. The third kappa shape index (κ3) is 5.64. The normalized spacial score (nSPS) is 15.1. The summed E-state index contributed by atoms with van der Waals surface area (Å²) in [6, 6.07) is 13.3. The van der Waals surface area contributed by atoms with E-state index >= 15 is 0 Å². The minimum atomic E-state index is 0.228. The molecule has 2 heterocycles. The quantitative estimate of drug-likeness (QED) is 0.484. The van der Waals surface area contributed by atoms with Gasteiger partial charge in [0.15, 0.2) is 11.5 Å². The van der Waals surface area contributed by atoms with Crippen LogP contribution in [0.15, 0.2) is 48.8 Å². The van der Waals surface area contributed by atoms with Crippen molar-refractivity contribution in [3.63, 3.8) is 0 Å². The summed E-state index contributed by atoms with van der Waals surface area (Å²) in [7, 11) is 1.63. The Morgan fingerprint density at radius 3 is 2.41 bits per heavy atom. The van der Waals surface area contributed by atoms with Gasteiger partial charge in [-0.25, -0.2) is 9.97 Å². The molecule has 1 N–H and O–H groups in total. The zero-order valence-corrected chi connectivity index (χ0v) is 18.4. The number of β-amino-alcohol motifs (C(OH)–C–C–N with tert-alkyl or cyclic N) is 1. The number of para-hydroxylation sites is 1. The molecule has 3 aromatic rings. The van der Waals surface area contributed by atoms with Crippen LogP contribution >= 0.6 is 0 Å². The van der Waals surface area contributed by atoms with Crippen LogP contribution in [0.1, 0.15) is 6.42 Å². The fraction of sp³-hybridized carbons (Fsp3) is 0.417. The number of nitrogens with zero attached hydrogens (tertiary/aromatic N) is 4. The van der Waals surface area contributed by atoms with Gasteiger partial charge in [0.1, 0.15) is 12.1 Å². The third-order valence-corrected chi connectivity index (χ3v) is 5.60. The lowest BCUT2D eigenvalue weighted by atomic mass is 10.2. The van der Waals surface area contributed by atoms with E-state index in [4.69, 9.17) is 19.3 Å². The summed E-state index contributed by atoms with van der Waals surface area (Å²) < 4.78 is 17.6. The summed E-state index contributed by atoms with van der Waals surface area (Å²) >= 11 is 0. The van der Waals surface area contributed by atoms with Crippen LogP contribution in [0.5, 0.6) is 23.1 Å². The van der Waals surface area contributed by atoms with Crippen molar-refractivity contribution in [3.05, 3.63) is 48.8 Å². The summed E-state index contributed by atoms with van der Waals surface area (Å²) in [6.07, 6.45) is 2.42. The maximum Gasteiger partial charge on any atom is 0.230 e. The second-order valence-electron chi connectivity index (χ2n) is 7.72. The summed E-state index contributed by atoms with van der Waals surface area (Å²) in [5, 5.41) is 9.82. The molecule has 1 aromatic heterocycles. The SMILES string of the molecule is COc1cc2c(Oc3ccccc3)ncnc2cc1OCCCN1CCN(CCO)CC1. The zero-order valence-electron chi connectivity index (χ0n) is 18.4. The van der Waals surface area contributed by atoms with Gasteiger partial charge in [-0.1, -0.05) is 18.2 Å². The molecule has 170 valence electrons. The highest BCUT2D eigenvalue weighted by atomic mass is 16.5. The number of ether oxygens (including phenoxy) is 3. The molecule has 1 fully saturated rings. The highest BCUT2D eigenvalue weighted by molar-refractivity contribution is 5.87. The first-order valence-corrected chi connectivity index (χ1v) is 11.0. The Hall–Kier alpha value is -2.94. The van der Waals surface area contributed by atoms with Gasteiger partial charge in [-0.05, 0) is 24.6 Å². The lowest BCUT2D eigenvalue weighted by molar-refractivity contribution is 0.108. The Labute approximate surface area is 188 Å². The van der Waals surface area contributed by atoms with Crippen LogP contribution in [0.25, 0.3) is 10.9 Å². The molecule has 32 heavy (non-hydrogen) atoms. The van der Waals surface area contributed by atoms with Gasteiger partial charge in [0.05, 0.1) is 31.2 Å². The van der Waals surface area contributed by atoms with E-state index in [1.165, 1.54) is 6.33 Å². The molecule has 1 aliphatic rings. The molecule has 0 radical (unpaired) electrons. The summed E-state index contributed by atoms with van der Waals surface area (Å²) in [6.45, 7) is 6.64.